The summed E-state index contributed by atoms with van der Waals surface area (Å²) < 4.78 is 0. The van der Waals surface area contributed by atoms with Gasteiger partial charge in [-0.3, -0.25) is 14.4 Å². The number of carbonyl (C=O) groups is 3. The average molecular weight is 569 g/mol. The minimum Gasteiger partial charge on any atom is -0.481 e. The van der Waals surface area contributed by atoms with Crippen LogP contribution in [0.1, 0.15) is 159 Å². The summed E-state index contributed by atoms with van der Waals surface area (Å²) in [6, 6.07) is 0. The van der Waals surface area contributed by atoms with Gasteiger partial charge in [-0.15, -0.1) is 0 Å². The Labute approximate surface area is 239 Å². The minimum absolute atomic E-state index is 0. The maximum atomic E-state index is 10.2. The van der Waals surface area contributed by atoms with Gasteiger partial charge in [0.2, 0.25) is 0 Å². The van der Waals surface area contributed by atoms with E-state index in [0.717, 1.165) is 57.8 Å². The van der Waals surface area contributed by atoms with Gasteiger partial charge in [0.1, 0.15) is 0 Å². The topological polar surface area (TPSA) is 112 Å². The van der Waals surface area contributed by atoms with Gasteiger partial charge in [0.15, 0.2) is 0 Å². The number of rotatable bonds is 15. The van der Waals surface area contributed by atoms with E-state index in [1.165, 1.54) is 19.3 Å². The van der Waals surface area contributed by atoms with Gasteiger partial charge in [-0.1, -0.05) is 101 Å². The number of hydrogen-bond acceptors (Lipinski definition) is 3. The molecule has 0 aliphatic rings. The molecule has 0 spiro atoms. The van der Waals surface area contributed by atoms with Crippen molar-refractivity contribution < 1.29 is 47.1 Å². The van der Waals surface area contributed by atoms with Crippen molar-refractivity contribution in [2.24, 2.45) is 16.2 Å². The molecule has 0 aromatic carbocycles. The monoisotopic (exact) mass is 568 g/mol. The van der Waals surface area contributed by atoms with E-state index in [1.807, 2.05) is 0 Å². The molecule has 37 heavy (non-hydrogen) atoms. The normalized spacial score (nSPS) is 11.3. The molecule has 0 saturated carbocycles. The molecule has 6 nitrogen and oxygen atoms in total. The number of aliphatic carboxylic acids is 3. The zero-order chi connectivity index (χ0) is 28.8. The van der Waals surface area contributed by atoms with Crippen molar-refractivity contribution in [1.82, 2.24) is 0 Å². The Balaban J connectivity index is -0.000000218. The van der Waals surface area contributed by atoms with E-state index in [4.69, 9.17) is 15.3 Å². The molecular formula is C30H60CrO6. The van der Waals surface area contributed by atoms with Crippen LogP contribution in [-0.4, -0.2) is 33.2 Å². The maximum Gasteiger partial charge on any atom is 0.303 e. The summed E-state index contributed by atoms with van der Waals surface area (Å²) in [4.78, 5) is 30.5. The fourth-order valence-electron chi connectivity index (χ4n) is 3.32. The van der Waals surface area contributed by atoms with Gasteiger partial charge in [0.05, 0.1) is 0 Å². The Bertz CT molecular complexity index is 487. The van der Waals surface area contributed by atoms with Crippen LogP contribution < -0.4 is 0 Å². The largest absolute Gasteiger partial charge is 0.481 e. The summed E-state index contributed by atoms with van der Waals surface area (Å²) in [5.74, 6) is -2.03. The predicted molar refractivity (Wildman–Crippen MR) is 151 cm³/mol. The molecule has 0 aromatic rings. The van der Waals surface area contributed by atoms with Crippen LogP contribution in [-0.2, 0) is 31.7 Å². The first-order valence-electron chi connectivity index (χ1n) is 13.9. The fraction of sp³-hybridized carbons (Fsp3) is 0.900. The van der Waals surface area contributed by atoms with Crippen LogP contribution in [0.5, 0.6) is 0 Å². The molecule has 0 aromatic heterocycles. The fourth-order valence-corrected chi connectivity index (χ4v) is 3.32. The quantitative estimate of drug-likeness (QED) is 0.170. The van der Waals surface area contributed by atoms with Crippen molar-refractivity contribution in [1.29, 1.82) is 0 Å². The van der Waals surface area contributed by atoms with Crippen molar-refractivity contribution in [3.05, 3.63) is 0 Å². The molecule has 0 heterocycles. The SMILES string of the molecule is CC(C)(C)CCCCCC(=O)O.CC(C)(C)CCCCCC(=O)O.CC(C)(C)CCCCCC(=O)O.[Cr]. The number of carboxylic acids is 3. The molecule has 0 aliphatic carbocycles. The van der Waals surface area contributed by atoms with Crippen molar-refractivity contribution in [2.45, 2.75) is 159 Å². The smallest absolute Gasteiger partial charge is 0.303 e. The van der Waals surface area contributed by atoms with Crippen LogP contribution >= 0.6 is 0 Å². The predicted octanol–water partition coefficient (Wildman–Crippen LogP) is 9.20. The number of unbranched alkanes of at least 4 members (excludes halogenated alkanes) is 6. The first-order valence-corrected chi connectivity index (χ1v) is 13.9. The van der Waals surface area contributed by atoms with Crippen LogP contribution in [0.25, 0.3) is 0 Å². The molecule has 7 heteroatoms. The second kappa shape index (κ2) is 24.0. The summed E-state index contributed by atoms with van der Waals surface area (Å²) in [6.45, 7) is 19.9. The summed E-state index contributed by atoms with van der Waals surface area (Å²) in [6.07, 6.45) is 13.6. The van der Waals surface area contributed by atoms with Crippen LogP contribution in [0, 0.1) is 16.2 Å². The third-order valence-electron chi connectivity index (χ3n) is 5.45. The zero-order valence-electron chi connectivity index (χ0n) is 25.6. The van der Waals surface area contributed by atoms with E-state index < -0.39 is 17.9 Å². The van der Waals surface area contributed by atoms with Crippen LogP contribution in [0.4, 0.5) is 0 Å². The number of carboxylic acid groups (broad SMARTS) is 3. The first kappa shape index (κ1) is 43.0. The Morgan fingerprint density at radius 1 is 0.405 bits per heavy atom. The average Bonchev–Trinajstić information content (AvgIpc) is 2.65. The Kier molecular flexibility index (Phi) is 27.9. The molecule has 0 bridgehead atoms. The molecule has 222 valence electrons. The first-order chi connectivity index (χ1) is 16.2. The number of hydrogen-bond donors (Lipinski definition) is 3. The Morgan fingerprint density at radius 3 is 0.730 bits per heavy atom. The standard InChI is InChI=1S/3C10H20O2.Cr/c3*1-10(2,3)8-6-4-5-7-9(11)12;/h3*4-8H2,1-3H3,(H,11,12);. The van der Waals surface area contributed by atoms with Gasteiger partial charge in [0, 0.05) is 36.6 Å². The molecule has 0 amide bonds. The van der Waals surface area contributed by atoms with Crippen molar-refractivity contribution >= 4 is 17.9 Å². The second-order valence-electron chi connectivity index (χ2n) is 13.5. The molecule has 0 saturated heterocycles. The third-order valence-corrected chi connectivity index (χ3v) is 5.45. The van der Waals surface area contributed by atoms with Crippen LogP contribution in [0.15, 0.2) is 0 Å². The van der Waals surface area contributed by atoms with Gasteiger partial charge >= 0.3 is 17.9 Å². The van der Waals surface area contributed by atoms with Crippen molar-refractivity contribution in [3.63, 3.8) is 0 Å². The Morgan fingerprint density at radius 2 is 0.595 bits per heavy atom. The van der Waals surface area contributed by atoms with Gasteiger partial charge in [-0.25, -0.2) is 0 Å². The van der Waals surface area contributed by atoms with Crippen LogP contribution in [0.2, 0.25) is 0 Å². The molecule has 0 aliphatic heterocycles. The van der Waals surface area contributed by atoms with Gasteiger partial charge in [-0.05, 0) is 54.8 Å². The minimum atomic E-state index is -0.675. The Hall–Kier alpha value is -1.06. The van der Waals surface area contributed by atoms with E-state index in [-0.39, 0.29) is 17.4 Å². The van der Waals surface area contributed by atoms with Crippen molar-refractivity contribution in [2.75, 3.05) is 0 Å². The van der Waals surface area contributed by atoms with Crippen molar-refractivity contribution in [3.8, 4) is 0 Å². The third kappa shape index (κ3) is 56.3. The molecular weight excluding hydrogens is 508 g/mol. The van der Waals surface area contributed by atoms with Gasteiger partial charge in [-0.2, -0.15) is 0 Å². The molecule has 0 atom stereocenters. The summed E-state index contributed by atoms with van der Waals surface area (Å²) in [5.41, 5.74) is 1.18. The van der Waals surface area contributed by atoms with E-state index >= 15 is 0 Å². The molecule has 0 fully saturated rings. The van der Waals surface area contributed by atoms with E-state index in [0.29, 0.717) is 35.5 Å². The summed E-state index contributed by atoms with van der Waals surface area (Å²) in [7, 11) is 0. The zero-order valence-corrected chi connectivity index (χ0v) is 26.9. The van der Waals surface area contributed by atoms with E-state index in [9.17, 15) is 14.4 Å². The molecule has 3 N–H and O–H groups in total. The van der Waals surface area contributed by atoms with Gasteiger partial charge in [0.25, 0.3) is 0 Å². The summed E-state index contributed by atoms with van der Waals surface area (Å²) >= 11 is 0. The maximum absolute atomic E-state index is 10.2. The second-order valence-corrected chi connectivity index (χ2v) is 13.5. The molecule has 0 unspecified atom stereocenters. The molecule has 0 rings (SSSR count). The van der Waals surface area contributed by atoms with Crippen LogP contribution in [0.3, 0.4) is 0 Å². The van der Waals surface area contributed by atoms with Gasteiger partial charge < -0.3 is 15.3 Å². The molecule has 0 radical (unpaired) electrons. The van der Waals surface area contributed by atoms with E-state index in [1.54, 1.807) is 0 Å². The summed E-state index contributed by atoms with van der Waals surface area (Å²) in [5, 5.41) is 25.1. The van der Waals surface area contributed by atoms with E-state index in [2.05, 4.69) is 62.3 Å².